The van der Waals surface area contributed by atoms with E-state index in [1.165, 1.54) is 5.56 Å². The molecule has 182 valence electrons. The third kappa shape index (κ3) is 4.50. The van der Waals surface area contributed by atoms with Crippen molar-refractivity contribution in [2.45, 2.75) is 19.9 Å². The van der Waals surface area contributed by atoms with E-state index in [4.69, 9.17) is 4.74 Å². The van der Waals surface area contributed by atoms with Crippen LogP contribution in [-0.4, -0.2) is 35.1 Å². The van der Waals surface area contributed by atoms with Gasteiger partial charge in [-0.25, -0.2) is 4.79 Å². The Hall–Kier alpha value is -4.32. The molecule has 1 aliphatic heterocycles. The Morgan fingerprint density at radius 3 is 2.31 bits per heavy atom. The molecule has 6 nitrogen and oxygen atoms in total. The van der Waals surface area contributed by atoms with Gasteiger partial charge in [-0.2, -0.15) is 0 Å². The summed E-state index contributed by atoms with van der Waals surface area (Å²) in [5, 5.41) is 0. The molecule has 0 radical (unpaired) electrons. The number of hydrogen-bond acceptors (Lipinski definition) is 3. The molecule has 0 fully saturated rings. The molecule has 6 heteroatoms. The number of aromatic nitrogens is 1. The molecule has 0 aliphatic carbocycles. The minimum Gasteiger partial charge on any atom is -0.410 e. The predicted molar refractivity (Wildman–Crippen MR) is 141 cm³/mol. The van der Waals surface area contributed by atoms with Crippen molar-refractivity contribution in [2.75, 3.05) is 18.5 Å². The van der Waals surface area contributed by atoms with E-state index in [9.17, 15) is 9.59 Å². The summed E-state index contributed by atoms with van der Waals surface area (Å²) in [6.45, 7) is 3.09. The van der Waals surface area contributed by atoms with Gasteiger partial charge in [-0.05, 0) is 66.4 Å². The van der Waals surface area contributed by atoms with E-state index in [1.807, 2.05) is 68.6 Å². The van der Waals surface area contributed by atoms with Crippen LogP contribution in [0.4, 0.5) is 10.5 Å². The quantitative estimate of drug-likeness (QED) is 0.370. The summed E-state index contributed by atoms with van der Waals surface area (Å²) in [5.41, 5.74) is 6.84. The van der Waals surface area contributed by atoms with Crippen LogP contribution in [0.2, 0.25) is 0 Å². The number of nitrogens with zero attached hydrogens (tertiary/aromatic N) is 3. The van der Waals surface area contributed by atoms with Gasteiger partial charge in [0, 0.05) is 44.3 Å². The first-order valence-corrected chi connectivity index (χ1v) is 12.1. The van der Waals surface area contributed by atoms with Crippen LogP contribution in [0.15, 0.2) is 84.9 Å². The lowest BCUT2D eigenvalue weighted by Crippen LogP contribution is -2.37. The van der Waals surface area contributed by atoms with Crippen LogP contribution in [0, 0.1) is 6.92 Å². The van der Waals surface area contributed by atoms with Gasteiger partial charge in [0.1, 0.15) is 5.75 Å². The molecule has 0 bridgehead atoms. The van der Waals surface area contributed by atoms with Crippen molar-refractivity contribution in [3.8, 4) is 17.0 Å². The maximum atomic E-state index is 13.3. The summed E-state index contributed by atoms with van der Waals surface area (Å²) in [7, 11) is 3.79. The standard InChI is InChI=1S/C30H29N3O3/c1-21-27(29(34)32(3)25-10-6-4-7-11-25)19-28(31(21)2)23-14-15-24-20-33(17-16-22(24)18-23)30(35)36-26-12-8-5-9-13-26/h4-15,18-19H,16-17,20H2,1-3H3. The van der Waals surface area contributed by atoms with Crippen LogP contribution in [-0.2, 0) is 20.0 Å². The minimum atomic E-state index is -0.334. The van der Waals surface area contributed by atoms with Crippen LogP contribution in [0.25, 0.3) is 11.3 Å². The Morgan fingerprint density at radius 1 is 0.889 bits per heavy atom. The molecule has 0 saturated heterocycles. The van der Waals surface area contributed by atoms with Crippen LogP contribution in [0.5, 0.6) is 5.75 Å². The summed E-state index contributed by atoms with van der Waals surface area (Å²) in [5.74, 6) is 0.511. The highest BCUT2D eigenvalue weighted by atomic mass is 16.6. The highest BCUT2D eigenvalue weighted by Gasteiger charge is 2.24. The lowest BCUT2D eigenvalue weighted by atomic mass is 9.96. The lowest BCUT2D eigenvalue weighted by Gasteiger charge is -2.28. The lowest BCUT2D eigenvalue weighted by molar-refractivity contribution is 0.0992. The third-order valence-corrected chi connectivity index (χ3v) is 6.93. The second-order valence-corrected chi connectivity index (χ2v) is 9.12. The molecular weight excluding hydrogens is 450 g/mol. The summed E-state index contributed by atoms with van der Waals surface area (Å²) in [6, 6.07) is 27.1. The molecular formula is C30H29N3O3. The van der Waals surface area contributed by atoms with E-state index in [0.717, 1.165) is 34.6 Å². The first-order chi connectivity index (χ1) is 17.4. The average Bonchev–Trinajstić information content (AvgIpc) is 3.22. The largest absolute Gasteiger partial charge is 0.415 e. The van der Waals surface area contributed by atoms with Crippen LogP contribution < -0.4 is 9.64 Å². The Labute approximate surface area is 211 Å². The molecule has 3 aromatic carbocycles. The normalized spacial score (nSPS) is 12.7. The van der Waals surface area contributed by atoms with Gasteiger partial charge in [0.05, 0.1) is 5.56 Å². The monoisotopic (exact) mass is 479 g/mol. The number of amides is 2. The van der Waals surface area contributed by atoms with E-state index >= 15 is 0 Å². The molecule has 36 heavy (non-hydrogen) atoms. The van der Waals surface area contributed by atoms with Gasteiger partial charge in [0.15, 0.2) is 0 Å². The van der Waals surface area contributed by atoms with Crippen molar-refractivity contribution in [3.05, 3.63) is 107 Å². The fourth-order valence-corrected chi connectivity index (χ4v) is 4.66. The molecule has 0 spiro atoms. The SMILES string of the molecule is Cc1c(C(=O)N(C)c2ccccc2)cc(-c2ccc3c(c2)CCN(C(=O)Oc2ccccc2)C3)n1C. The highest BCUT2D eigenvalue weighted by Crippen LogP contribution is 2.30. The molecule has 1 aliphatic rings. The van der Waals surface area contributed by atoms with E-state index in [0.29, 0.717) is 24.4 Å². The number of hydrogen-bond donors (Lipinski definition) is 0. The van der Waals surface area contributed by atoms with E-state index in [1.54, 1.807) is 29.0 Å². The first-order valence-electron chi connectivity index (χ1n) is 12.1. The zero-order valence-corrected chi connectivity index (χ0v) is 20.8. The van der Waals surface area contributed by atoms with Crippen molar-refractivity contribution >= 4 is 17.7 Å². The summed E-state index contributed by atoms with van der Waals surface area (Å²) < 4.78 is 7.58. The number of carbonyl (C=O) groups excluding carboxylic acids is 2. The van der Waals surface area contributed by atoms with Crippen molar-refractivity contribution in [3.63, 3.8) is 0 Å². The summed E-state index contributed by atoms with van der Waals surface area (Å²) >= 11 is 0. The van der Waals surface area contributed by atoms with Crippen LogP contribution >= 0.6 is 0 Å². The maximum Gasteiger partial charge on any atom is 0.415 e. The molecule has 1 aromatic heterocycles. The van der Waals surface area contributed by atoms with Crippen molar-refractivity contribution in [1.82, 2.24) is 9.47 Å². The third-order valence-electron chi connectivity index (χ3n) is 6.93. The molecule has 0 N–H and O–H groups in total. The fraction of sp³-hybridized carbons (Fsp3) is 0.200. The first kappa shape index (κ1) is 23.4. The fourth-order valence-electron chi connectivity index (χ4n) is 4.66. The number of fused-ring (bicyclic) bond motifs is 1. The molecule has 4 aromatic rings. The molecule has 5 rings (SSSR count). The van der Waals surface area contributed by atoms with Crippen molar-refractivity contribution in [1.29, 1.82) is 0 Å². The number of benzene rings is 3. The number of para-hydroxylation sites is 2. The van der Waals surface area contributed by atoms with Gasteiger partial charge >= 0.3 is 6.09 Å². The Bertz CT molecular complexity index is 1410. The smallest absolute Gasteiger partial charge is 0.410 e. The molecule has 0 saturated carbocycles. The molecule has 0 atom stereocenters. The highest BCUT2D eigenvalue weighted by molar-refractivity contribution is 6.07. The molecule has 2 amide bonds. The van der Waals surface area contributed by atoms with Crippen molar-refractivity contribution in [2.24, 2.45) is 7.05 Å². The number of anilines is 1. The van der Waals surface area contributed by atoms with Gasteiger partial charge in [-0.15, -0.1) is 0 Å². The summed E-state index contributed by atoms with van der Waals surface area (Å²) in [4.78, 5) is 29.3. The number of carbonyl (C=O) groups is 2. The van der Waals surface area contributed by atoms with Gasteiger partial charge in [0.2, 0.25) is 0 Å². The zero-order valence-electron chi connectivity index (χ0n) is 20.8. The maximum absolute atomic E-state index is 13.3. The predicted octanol–water partition coefficient (Wildman–Crippen LogP) is 5.83. The van der Waals surface area contributed by atoms with Gasteiger partial charge in [-0.3, -0.25) is 4.79 Å². The van der Waals surface area contributed by atoms with Crippen LogP contribution in [0.3, 0.4) is 0 Å². The second kappa shape index (κ2) is 9.74. The second-order valence-electron chi connectivity index (χ2n) is 9.12. The minimum absolute atomic E-state index is 0.0360. The van der Waals surface area contributed by atoms with Gasteiger partial charge < -0.3 is 19.1 Å². The van der Waals surface area contributed by atoms with Crippen LogP contribution in [0.1, 0.15) is 27.2 Å². The Balaban J connectivity index is 1.35. The average molecular weight is 480 g/mol. The van der Waals surface area contributed by atoms with Gasteiger partial charge in [0.25, 0.3) is 5.91 Å². The van der Waals surface area contributed by atoms with Crippen molar-refractivity contribution < 1.29 is 14.3 Å². The number of ether oxygens (including phenoxy) is 1. The zero-order chi connectivity index (χ0) is 25.2. The molecule has 2 heterocycles. The summed E-state index contributed by atoms with van der Waals surface area (Å²) in [6.07, 6.45) is 0.415. The topological polar surface area (TPSA) is 54.8 Å². The van der Waals surface area contributed by atoms with E-state index < -0.39 is 0 Å². The Morgan fingerprint density at radius 2 is 1.58 bits per heavy atom. The molecule has 0 unspecified atom stereocenters. The number of rotatable bonds is 4. The van der Waals surface area contributed by atoms with E-state index in [-0.39, 0.29) is 12.0 Å². The van der Waals surface area contributed by atoms with E-state index in [2.05, 4.69) is 22.8 Å². The Kier molecular flexibility index (Phi) is 6.34. The van der Waals surface area contributed by atoms with Gasteiger partial charge in [-0.1, -0.05) is 48.5 Å².